The lowest BCUT2D eigenvalue weighted by Crippen LogP contribution is -2.32. The standard InChI is InChI=1S/C11H14ClNO4S2/c12-9-4-5-10(18-9)19(16,17)13-6-7-2-1-3-8(7)11(14)15/h4-5,7-8,13H,1-3,6H2,(H,14,15). The summed E-state index contributed by atoms with van der Waals surface area (Å²) in [5.41, 5.74) is 0. The second kappa shape index (κ2) is 5.78. The molecule has 1 fully saturated rings. The molecular weight excluding hydrogens is 310 g/mol. The van der Waals surface area contributed by atoms with Crippen LogP contribution in [0.5, 0.6) is 0 Å². The number of hydrogen-bond donors (Lipinski definition) is 2. The van der Waals surface area contributed by atoms with Gasteiger partial charge in [0.05, 0.1) is 10.3 Å². The minimum Gasteiger partial charge on any atom is -0.481 e. The van der Waals surface area contributed by atoms with Gasteiger partial charge < -0.3 is 5.11 Å². The minimum absolute atomic E-state index is 0.136. The van der Waals surface area contributed by atoms with E-state index < -0.39 is 21.9 Å². The Bertz CT molecular complexity index is 569. The summed E-state index contributed by atoms with van der Waals surface area (Å²) in [5, 5.41) is 9.04. The molecule has 0 amide bonds. The van der Waals surface area contributed by atoms with E-state index in [0.29, 0.717) is 10.8 Å². The molecule has 1 saturated carbocycles. The Balaban J connectivity index is 2.00. The number of carboxylic acids is 1. The van der Waals surface area contributed by atoms with Crippen LogP contribution in [-0.4, -0.2) is 26.0 Å². The maximum Gasteiger partial charge on any atom is 0.306 e. The normalized spacial score (nSPS) is 23.6. The van der Waals surface area contributed by atoms with Crippen LogP contribution in [0.4, 0.5) is 0 Å². The van der Waals surface area contributed by atoms with Gasteiger partial charge in [0, 0.05) is 6.54 Å². The van der Waals surface area contributed by atoms with Crippen LogP contribution in [0.1, 0.15) is 19.3 Å². The lowest BCUT2D eigenvalue weighted by molar-refractivity contribution is -0.142. The summed E-state index contributed by atoms with van der Waals surface area (Å²) in [6.07, 6.45) is 2.19. The molecule has 1 aromatic rings. The van der Waals surface area contributed by atoms with Crippen molar-refractivity contribution in [3.63, 3.8) is 0 Å². The molecule has 19 heavy (non-hydrogen) atoms. The molecule has 0 bridgehead atoms. The van der Waals surface area contributed by atoms with Crippen molar-refractivity contribution < 1.29 is 18.3 Å². The highest BCUT2D eigenvalue weighted by atomic mass is 35.5. The first kappa shape index (κ1) is 14.8. The maximum absolute atomic E-state index is 12.0. The molecule has 0 saturated heterocycles. The second-order valence-corrected chi connectivity index (χ2v) is 8.26. The van der Waals surface area contributed by atoms with E-state index in [9.17, 15) is 13.2 Å². The molecule has 1 heterocycles. The molecule has 106 valence electrons. The van der Waals surface area contributed by atoms with Gasteiger partial charge in [-0.25, -0.2) is 13.1 Å². The smallest absolute Gasteiger partial charge is 0.306 e. The molecule has 0 aliphatic heterocycles. The number of sulfonamides is 1. The molecule has 2 atom stereocenters. The third-order valence-electron chi connectivity index (χ3n) is 3.33. The SMILES string of the molecule is O=C(O)C1CCCC1CNS(=O)(=O)c1ccc(Cl)s1. The predicted octanol–water partition coefficient (Wildman–Crippen LogP) is 2.18. The van der Waals surface area contributed by atoms with Gasteiger partial charge in [-0.1, -0.05) is 18.0 Å². The van der Waals surface area contributed by atoms with E-state index in [1.165, 1.54) is 12.1 Å². The van der Waals surface area contributed by atoms with Crippen LogP contribution in [-0.2, 0) is 14.8 Å². The van der Waals surface area contributed by atoms with Gasteiger partial charge in [-0.2, -0.15) is 0 Å². The van der Waals surface area contributed by atoms with Crippen LogP contribution in [0, 0.1) is 11.8 Å². The third-order valence-corrected chi connectivity index (χ3v) is 6.47. The molecule has 8 heteroatoms. The van der Waals surface area contributed by atoms with Gasteiger partial charge in [0.1, 0.15) is 4.21 Å². The average molecular weight is 324 g/mol. The monoisotopic (exact) mass is 323 g/mol. The summed E-state index contributed by atoms with van der Waals surface area (Å²) in [6, 6.07) is 2.97. The van der Waals surface area contributed by atoms with E-state index in [2.05, 4.69) is 4.72 Å². The highest BCUT2D eigenvalue weighted by Gasteiger charge is 2.33. The van der Waals surface area contributed by atoms with Crippen LogP contribution in [0.2, 0.25) is 4.34 Å². The van der Waals surface area contributed by atoms with Crippen molar-refractivity contribution in [3.05, 3.63) is 16.5 Å². The molecule has 2 unspecified atom stereocenters. The van der Waals surface area contributed by atoms with E-state index in [0.717, 1.165) is 24.2 Å². The first-order valence-corrected chi connectivity index (χ1v) is 8.56. The van der Waals surface area contributed by atoms with Gasteiger partial charge in [-0.3, -0.25) is 4.79 Å². The molecule has 2 N–H and O–H groups in total. The zero-order valence-electron chi connectivity index (χ0n) is 10.0. The molecule has 2 rings (SSSR count). The summed E-state index contributed by atoms with van der Waals surface area (Å²) < 4.78 is 27.0. The van der Waals surface area contributed by atoms with Gasteiger partial charge >= 0.3 is 5.97 Å². The number of hydrogen-bond acceptors (Lipinski definition) is 4. The average Bonchev–Trinajstić information content (AvgIpc) is 2.94. The number of thiophene rings is 1. The predicted molar refractivity (Wildman–Crippen MR) is 73.0 cm³/mol. The van der Waals surface area contributed by atoms with E-state index in [-0.39, 0.29) is 16.7 Å². The quantitative estimate of drug-likeness (QED) is 0.870. The topological polar surface area (TPSA) is 83.5 Å². The van der Waals surface area contributed by atoms with Crippen LogP contribution in [0.3, 0.4) is 0 Å². The molecule has 5 nitrogen and oxygen atoms in total. The van der Waals surface area contributed by atoms with E-state index in [1.54, 1.807) is 0 Å². The number of aliphatic carboxylic acids is 1. The zero-order chi connectivity index (χ0) is 14.0. The van der Waals surface area contributed by atoms with Gasteiger partial charge in [0.25, 0.3) is 0 Å². The Morgan fingerprint density at radius 1 is 1.47 bits per heavy atom. The van der Waals surface area contributed by atoms with Gasteiger partial charge in [-0.05, 0) is 30.9 Å². The van der Waals surface area contributed by atoms with Crippen molar-refractivity contribution >= 4 is 38.9 Å². The fourth-order valence-corrected chi connectivity index (χ4v) is 4.96. The zero-order valence-corrected chi connectivity index (χ0v) is 12.4. The van der Waals surface area contributed by atoms with Crippen LogP contribution in [0.25, 0.3) is 0 Å². The number of carboxylic acid groups (broad SMARTS) is 1. The molecule has 1 aliphatic carbocycles. The van der Waals surface area contributed by atoms with E-state index in [4.69, 9.17) is 16.7 Å². The Morgan fingerprint density at radius 2 is 2.21 bits per heavy atom. The Labute approximate surface area is 120 Å². The summed E-state index contributed by atoms with van der Waals surface area (Å²) in [7, 11) is -3.58. The first-order valence-electron chi connectivity index (χ1n) is 5.88. The first-order chi connectivity index (χ1) is 8.90. The lowest BCUT2D eigenvalue weighted by atomic mass is 9.97. The van der Waals surface area contributed by atoms with Gasteiger partial charge in [-0.15, -0.1) is 11.3 Å². The van der Waals surface area contributed by atoms with E-state index >= 15 is 0 Å². The van der Waals surface area contributed by atoms with Crippen molar-refractivity contribution in [1.29, 1.82) is 0 Å². The summed E-state index contributed by atoms with van der Waals surface area (Å²) in [6.45, 7) is 0.162. The largest absolute Gasteiger partial charge is 0.481 e. The Hall–Kier alpha value is -0.630. The number of nitrogens with one attached hydrogen (secondary N) is 1. The highest BCUT2D eigenvalue weighted by Crippen LogP contribution is 2.32. The molecule has 0 aromatic carbocycles. The molecule has 0 radical (unpaired) electrons. The van der Waals surface area contributed by atoms with Crippen LogP contribution in [0.15, 0.2) is 16.3 Å². The fraction of sp³-hybridized carbons (Fsp3) is 0.545. The molecule has 1 aromatic heterocycles. The Kier molecular flexibility index (Phi) is 4.50. The van der Waals surface area contributed by atoms with E-state index in [1.807, 2.05) is 0 Å². The minimum atomic E-state index is -3.58. The maximum atomic E-state index is 12.0. The van der Waals surface area contributed by atoms with Gasteiger partial charge in [0.2, 0.25) is 10.0 Å². The number of rotatable bonds is 5. The molecule has 1 aliphatic rings. The summed E-state index contributed by atoms with van der Waals surface area (Å²) in [4.78, 5) is 11.0. The van der Waals surface area contributed by atoms with Crippen LogP contribution < -0.4 is 4.72 Å². The fourth-order valence-electron chi connectivity index (χ4n) is 2.34. The van der Waals surface area contributed by atoms with Gasteiger partial charge in [0.15, 0.2) is 0 Å². The van der Waals surface area contributed by atoms with Crippen molar-refractivity contribution in [2.24, 2.45) is 11.8 Å². The van der Waals surface area contributed by atoms with Crippen molar-refractivity contribution in [2.45, 2.75) is 23.5 Å². The van der Waals surface area contributed by atoms with Crippen molar-refractivity contribution in [3.8, 4) is 0 Å². The molecule has 0 spiro atoms. The molecular formula is C11H14ClNO4S2. The summed E-state index contributed by atoms with van der Waals surface area (Å²) >= 11 is 6.69. The number of halogens is 1. The third kappa shape index (κ3) is 3.47. The highest BCUT2D eigenvalue weighted by molar-refractivity contribution is 7.91. The Morgan fingerprint density at radius 3 is 2.79 bits per heavy atom. The lowest BCUT2D eigenvalue weighted by Gasteiger charge is -2.15. The summed E-state index contributed by atoms with van der Waals surface area (Å²) in [5.74, 6) is -1.43. The second-order valence-electron chi connectivity index (χ2n) is 4.55. The number of carbonyl (C=O) groups is 1. The van der Waals surface area contributed by atoms with Crippen molar-refractivity contribution in [2.75, 3.05) is 6.54 Å². The van der Waals surface area contributed by atoms with Crippen molar-refractivity contribution in [1.82, 2.24) is 4.72 Å². The van der Waals surface area contributed by atoms with Crippen LogP contribution >= 0.6 is 22.9 Å².